The Morgan fingerprint density at radius 1 is 1.24 bits per heavy atom. The van der Waals surface area contributed by atoms with E-state index < -0.39 is 0 Å². The zero-order valence-corrected chi connectivity index (χ0v) is 22.6. The first kappa shape index (κ1) is 25.2. The number of carbonyl (C=O) groups is 1. The molecule has 0 saturated carbocycles. The molecule has 2 amide bonds. The van der Waals surface area contributed by atoms with Crippen LogP contribution >= 0.6 is 11.3 Å². The summed E-state index contributed by atoms with van der Waals surface area (Å²) in [7, 11) is 4.13. The lowest BCUT2D eigenvalue weighted by Crippen LogP contribution is -2.33. The molecule has 37 heavy (non-hydrogen) atoms. The molecule has 2 aromatic carbocycles. The second-order valence-electron chi connectivity index (χ2n) is 10.1. The van der Waals surface area contributed by atoms with E-state index in [4.69, 9.17) is 16.1 Å². The van der Waals surface area contributed by atoms with Gasteiger partial charge in [-0.1, -0.05) is 24.1 Å². The number of likely N-dealkylation sites (tertiary alicyclic amines) is 1. The van der Waals surface area contributed by atoms with Crippen molar-refractivity contribution in [1.82, 2.24) is 14.8 Å². The summed E-state index contributed by atoms with van der Waals surface area (Å²) in [6, 6.07) is 12.4. The van der Waals surface area contributed by atoms with Crippen molar-refractivity contribution >= 4 is 23.1 Å². The Kier molecular flexibility index (Phi) is 7.14. The van der Waals surface area contributed by atoms with Gasteiger partial charge in [0.1, 0.15) is 10.8 Å². The fourth-order valence-electron chi connectivity index (χ4n) is 5.04. The fourth-order valence-corrected chi connectivity index (χ4v) is 6.00. The van der Waals surface area contributed by atoms with E-state index in [2.05, 4.69) is 42.0 Å². The SMILES string of the molecule is C#Cc1cc(-c2ncc(-c3cccc4c3CCC4=NC(=O)N3CC[C@@H](N(C)C)C3)s2)ccc1OC(C)C. The van der Waals surface area contributed by atoms with E-state index >= 15 is 0 Å². The van der Waals surface area contributed by atoms with Crippen molar-refractivity contribution in [3.05, 3.63) is 59.3 Å². The molecule has 1 aliphatic heterocycles. The number of benzene rings is 2. The molecule has 3 aromatic rings. The third-order valence-corrected chi connectivity index (χ3v) is 8.09. The molecule has 7 heteroatoms. The topological polar surface area (TPSA) is 58.0 Å². The molecule has 0 radical (unpaired) electrons. The Balaban J connectivity index is 1.39. The number of hydrogen-bond acceptors (Lipinski definition) is 5. The van der Waals surface area contributed by atoms with E-state index in [1.807, 2.05) is 49.2 Å². The minimum Gasteiger partial charge on any atom is -0.490 e. The molecule has 6 nitrogen and oxygen atoms in total. The number of ether oxygens (including phenoxy) is 1. The number of nitrogens with zero attached hydrogens (tertiary/aromatic N) is 4. The summed E-state index contributed by atoms with van der Waals surface area (Å²) in [5.74, 6) is 3.45. The van der Waals surface area contributed by atoms with E-state index in [1.54, 1.807) is 11.3 Å². The molecular weight excluding hydrogens is 480 g/mol. The highest BCUT2D eigenvalue weighted by Crippen LogP contribution is 2.38. The lowest BCUT2D eigenvalue weighted by atomic mass is 10.0. The number of hydrogen-bond donors (Lipinski definition) is 0. The van der Waals surface area contributed by atoms with Gasteiger partial charge in [-0.25, -0.2) is 9.78 Å². The molecule has 0 unspecified atom stereocenters. The predicted molar refractivity (Wildman–Crippen MR) is 151 cm³/mol. The van der Waals surface area contributed by atoms with E-state index in [0.717, 1.165) is 70.2 Å². The van der Waals surface area contributed by atoms with Crippen LogP contribution in [0.15, 0.2) is 47.6 Å². The quantitative estimate of drug-likeness (QED) is 0.409. The smallest absolute Gasteiger partial charge is 0.343 e. The van der Waals surface area contributed by atoms with Gasteiger partial charge in [-0.2, -0.15) is 4.99 Å². The number of likely N-dealkylation sites (N-methyl/N-ethyl adjacent to an activating group) is 1. The minimum absolute atomic E-state index is 0.0543. The number of urea groups is 1. The van der Waals surface area contributed by atoms with Crippen LogP contribution in [0, 0.1) is 12.3 Å². The molecule has 5 rings (SSSR count). The number of fused-ring (bicyclic) bond motifs is 1. The Morgan fingerprint density at radius 2 is 2.05 bits per heavy atom. The van der Waals surface area contributed by atoms with Crippen LogP contribution in [0.3, 0.4) is 0 Å². The van der Waals surface area contributed by atoms with E-state index in [1.165, 1.54) is 5.56 Å². The molecule has 2 heterocycles. The highest BCUT2D eigenvalue weighted by atomic mass is 32.1. The molecule has 2 aliphatic rings. The summed E-state index contributed by atoms with van der Waals surface area (Å²) in [4.78, 5) is 27.3. The third-order valence-electron chi connectivity index (χ3n) is 7.01. The maximum absolute atomic E-state index is 12.9. The summed E-state index contributed by atoms with van der Waals surface area (Å²) in [5, 5.41) is 0.909. The van der Waals surface area contributed by atoms with Crippen LogP contribution in [-0.2, 0) is 6.42 Å². The number of carbonyl (C=O) groups excluding carboxylic acids is 1. The standard InChI is InChI=1S/C30H32N4O2S/c1-6-20-16-21(10-13-27(20)36-19(2)3)29-31-17-28(37-29)25-9-7-8-24-23(25)11-12-26(24)32-30(35)34-15-14-22(18-34)33(4)5/h1,7-10,13,16-17,19,22H,11-12,14-15,18H2,2-5H3/t22-/m1/s1. The Bertz CT molecular complexity index is 1400. The molecule has 1 atom stereocenters. The summed E-state index contributed by atoms with van der Waals surface area (Å²) >= 11 is 1.64. The average molecular weight is 513 g/mol. The first-order valence-electron chi connectivity index (χ1n) is 12.7. The van der Waals surface area contributed by atoms with Crippen molar-refractivity contribution in [2.24, 2.45) is 4.99 Å². The van der Waals surface area contributed by atoms with Gasteiger partial charge < -0.3 is 14.5 Å². The van der Waals surface area contributed by atoms with Crippen LogP contribution in [0.2, 0.25) is 0 Å². The second kappa shape index (κ2) is 10.5. The summed E-state index contributed by atoms with van der Waals surface area (Å²) < 4.78 is 5.84. The van der Waals surface area contributed by atoms with E-state index in [-0.39, 0.29) is 12.1 Å². The second-order valence-corrected chi connectivity index (χ2v) is 11.1. The van der Waals surface area contributed by atoms with Crippen molar-refractivity contribution < 1.29 is 9.53 Å². The van der Waals surface area contributed by atoms with Gasteiger partial charge in [-0.05, 0) is 76.5 Å². The maximum Gasteiger partial charge on any atom is 0.343 e. The van der Waals surface area contributed by atoms with E-state index in [0.29, 0.717) is 11.8 Å². The van der Waals surface area contributed by atoms with Gasteiger partial charge in [0, 0.05) is 36.5 Å². The summed E-state index contributed by atoms with van der Waals surface area (Å²) in [5.41, 5.74) is 6.06. The van der Waals surface area contributed by atoms with Gasteiger partial charge in [0.2, 0.25) is 0 Å². The number of terminal acetylenes is 1. The van der Waals surface area contributed by atoms with Gasteiger partial charge in [0.25, 0.3) is 0 Å². The summed E-state index contributed by atoms with van der Waals surface area (Å²) in [6.07, 6.45) is 10.4. The normalized spacial score (nSPS) is 18.0. The molecule has 0 bridgehead atoms. The van der Waals surface area contributed by atoms with Crippen LogP contribution in [-0.4, -0.2) is 65.9 Å². The van der Waals surface area contributed by atoms with Crippen LogP contribution in [0.25, 0.3) is 21.0 Å². The third kappa shape index (κ3) is 5.18. The largest absolute Gasteiger partial charge is 0.490 e. The first-order valence-corrected chi connectivity index (χ1v) is 13.5. The molecule has 1 aromatic heterocycles. The van der Waals surface area contributed by atoms with Gasteiger partial charge in [-0.15, -0.1) is 17.8 Å². The zero-order chi connectivity index (χ0) is 26.1. The van der Waals surface area contributed by atoms with Crippen molar-refractivity contribution in [3.63, 3.8) is 0 Å². The molecular formula is C30H32N4O2S. The molecule has 1 fully saturated rings. The van der Waals surface area contributed by atoms with Crippen molar-refractivity contribution in [2.75, 3.05) is 27.2 Å². The maximum atomic E-state index is 12.9. The predicted octanol–water partition coefficient (Wildman–Crippen LogP) is 5.74. The van der Waals surface area contributed by atoms with Crippen LogP contribution in [0.1, 0.15) is 43.4 Å². The molecule has 0 N–H and O–H groups in total. The first-order chi connectivity index (χ1) is 17.8. The van der Waals surface area contributed by atoms with Gasteiger partial charge >= 0.3 is 6.03 Å². The lowest BCUT2D eigenvalue weighted by molar-refractivity contribution is 0.213. The Morgan fingerprint density at radius 3 is 2.78 bits per heavy atom. The zero-order valence-electron chi connectivity index (χ0n) is 21.8. The Hall–Kier alpha value is -3.47. The van der Waals surface area contributed by atoms with Gasteiger partial charge in [-0.3, -0.25) is 0 Å². The summed E-state index contributed by atoms with van der Waals surface area (Å²) in [6.45, 7) is 5.48. The monoisotopic (exact) mass is 512 g/mol. The lowest BCUT2D eigenvalue weighted by Gasteiger charge is -2.19. The number of rotatable bonds is 5. The van der Waals surface area contributed by atoms with E-state index in [9.17, 15) is 4.79 Å². The molecule has 0 spiro atoms. The number of aromatic nitrogens is 1. The van der Waals surface area contributed by atoms with Gasteiger partial charge in [0.05, 0.1) is 22.3 Å². The minimum atomic E-state index is -0.119. The number of thiazole rings is 1. The Labute approximate surface area is 223 Å². The van der Waals surface area contributed by atoms with Crippen molar-refractivity contribution in [1.29, 1.82) is 0 Å². The number of aliphatic imine (C=N–C) groups is 1. The fraction of sp³-hybridized carbons (Fsp3) is 0.367. The highest BCUT2D eigenvalue weighted by Gasteiger charge is 2.29. The molecule has 1 saturated heterocycles. The van der Waals surface area contributed by atoms with Crippen LogP contribution < -0.4 is 4.74 Å². The number of amides is 2. The molecule has 1 aliphatic carbocycles. The van der Waals surface area contributed by atoms with Gasteiger partial charge in [0.15, 0.2) is 0 Å². The average Bonchev–Trinajstić information content (AvgIpc) is 3.64. The van der Waals surface area contributed by atoms with Crippen molar-refractivity contribution in [2.45, 2.75) is 45.3 Å². The van der Waals surface area contributed by atoms with Crippen LogP contribution in [0.5, 0.6) is 5.75 Å². The van der Waals surface area contributed by atoms with Crippen LogP contribution in [0.4, 0.5) is 4.79 Å². The van der Waals surface area contributed by atoms with Crippen molar-refractivity contribution in [3.8, 4) is 39.1 Å². The molecule has 190 valence electrons. The highest BCUT2D eigenvalue weighted by molar-refractivity contribution is 7.18.